The van der Waals surface area contributed by atoms with Gasteiger partial charge in [0.25, 0.3) is 0 Å². The van der Waals surface area contributed by atoms with Crippen LogP contribution < -0.4 is 5.73 Å². The van der Waals surface area contributed by atoms with Crippen molar-refractivity contribution in [2.45, 2.75) is 4.21 Å². The molecule has 0 saturated carbocycles. The highest BCUT2D eigenvalue weighted by atomic mass is 32.2. The molecule has 2 N–H and O–H groups in total. The molecule has 14 heavy (non-hydrogen) atoms. The number of hydrogen-bond donors (Lipinski definition) is 1. The highest BCUT2D eigenvalue weighted by Crippen LogP contribution is 2.29. The zero-order chi connectivity index (χ0) is 10.9. The van der Waals surface area contributed by atoms with Crippen LogP contribution >= 0.6 is 11.3 Å². The van der Waals surface area contributed by atoms with E-state index < -0.39 is 15.8 Å². The maximum absolute atomic E-state index is 11.2. The molecule has 0 bridgehead atoms. The molecule has 0 unspecified atom stereocenters. The first-order chi connectivity index (χ1) is 6.36. The predicted octanol–water partition coefficient (Wildman–Crippen LogP) is 0.520. The van der Waals surface area contributed by atoms with Gasteiger partial charge in [0, 0.05) is 6.26 Å². The highest BCUT2D eigenvalue weighted by Gasteiger charge is 2.19. The van der Waals surface area contributed by atoms with E-state index in [0.717, 1.165) is 17.6 Å². The lowest BCUT2D eigenvalue weighted by atomic mass is 10.4. The minimum Gasteiger partial charge on any atom is -0.465 e. The van der Waals surface area contributed by atoms with Crippen molar-refractivity contribution < 1.29 is 17.9 Å². The molecule has 1 heterocycles. The SMILES string of the molecule is COC(=O)c1cc(N)c(S(C)(=O)=O)s1. The molecule has 0 radical (unpaired) electrons. The zero-order valence-electron chi connectivity index (χ0n) is 7.60. The molecule has 1 rings (SSSR count). The van der Waals surface area contributed by atoms with E-state index in [4.69, 9.17) is 5.73 Å². The van der Waals surface area contributed by atoms with Crippen LogP contribution in [0.1, 0.15) is 9.67 Å². The van der Waals surface area contributed by atoms with Gasteiger partial charge in [-0.2, -0.15) is 0 Å². The number of esters is 1. The van der Waals surface area contributed by atoms with Gasteiger partial charge in [-0.05, 0) is 6.07 Å². The molecule has 0 spiro atoms. The Bertz CT molecular complexity index is 460. The van der Waals surface area contributed by atoms with E-state index in [-0.39, 0.29) is 14.8 Å². The number of hydrogen-bond acceptors (Lipinski definition) is 6. The molecule has 0 atom stereocenters. The molecule has 1 aromatic rings. The summed E-state index contributed by atoms with van der Waals surface area (Å²) in [6, 6.07) is 1.30. The van der Waals surface area contributed by atoms with Gasteiger partial charge >= 0.3 is 5.97 Å². The van der Waals surface area contributed by atoms with Crippen LogP contribution in [0.25, 0.3) is 0 Å². The minimum absolute atomic E-state index is 0.00194. The maximum atomic E-state index is 11.2. The first kappa shape index (κ1) is 11.0. The van der Waals surface area contributed by atoms with Crippen molar-refractivity contribution in [2.24, 2.45) is 0 Å². The number of ether oxygens (including phenoxy) is 1. The van der Waals surface area contributed by atoms with Crippen LogP contribution in [-0.2, 0) is 14.6 Å². The topological polar surface area (TPSA) is 86.5 Å². The summed E-state index contributed by atoms with van der Waals surface area (Å²) in [5.41, 5.74) is 5.52. The number of thiophene rings is 1. The molecule has 0 aliphatic carbocycles. The third-order valence-corrected chi connectivity index (χ3v) is 4.44. The molecule has 0 saturated heterocycles. The lowest BCUT2D eigenvalue weighted by Gasteiger charge is -1.93. The van der Waals surface area contributed by atoms with Crippen molar-refractivity contribution in [1.29, 1.82) is 0 Å². The summed E-state index contributed by atoms with van der Waals surface area (Å²) < 4.78 is 26.7. The van der Waals surface area contributed by atoms with Crippen molar-refractivity contribution in [2.75, 3.05) is 19.1 Å². The van der Waals surface area contributed by atoms with E-state index in [1.54, 1.807) is 0 Å². The second kappa shape index (κ2) is 3.58. The quantitative estimate of drug-likeness (QED) is 0.755. The van der Waals surface area contributed by atoms with Crippen molar-refractivity contribution in [3.63, 3.8) is 0 Å². The van der Waals surface area contributed by atoms with Gasteiger partial charge in [-0.1, -0.05) is 0 Å². The molecule has 1 aromatic heterocycles. The Morgan fingerprint density at radius 3 is 2.50 bits per heavy atom. The van der Waals surface area contributed by atoms with Gasteiger partial charge < -0.3 is 10.5 Å². The second-order valence-corrected chi connectivity index (χ2v) is 5.88. The fraction of sp³-hybridized carbons (Fsp3) is 0.286. The van der Waals surface area contributed by atoms with Gasteiger partial charge in [-0.25, -0.2) is 13.2 Å². The van der Waals surface area contributed by atoms with E-state index in [0.29, 0.717) is 0 Å². The molecule has 5 nitrogen and oxygen atoms in total. The summed E-state index contributed by atoms with van der Waals surface area (Å²) in [4.78, 5) is 11.2. The number of rotatable bonds is 2. The summed E-state index contributed by atoms with van der Waals surface area (Å²) in [5, 5.41) is 0. The zero-order valence-corrected chi connectivity index (χ0v) is 9.24. The van der Waals surface area contributed by atoms with Crippen molar-refractivity contribution >= 4 is 32.8 Å². The number of carbonyl (C=O) groups excluding carboxylic acids is 1. The minimum atomic E-state index is -3.37. The summed E-state index contributed by atoms with van der Waals surface area (Å²) in [6.45, 7) is 0. The first-order valence-corrected chi connectivity index (χ1v) is 6.24. The summed E-state index contributed by atoms with van der Waals surface area (Å²) in [7, 11) is -2.15. The standard InChI is InChI=1S/C7H9NO4S2/c1-12-6(9)5-3-4(8)7(13-5)14(2,10)11/h3H,8H2,1-2H3. The molecule has 0 amide bonds. The van der Waals surface area contributed by atoms with Gasteiger partial charge in [0.2, 0.25) is 0 Å². The van der Waals surface area contributed by atoms with Gasteiger partial charge in [-0.15, -0.1) is 11.3 Å². The molecule has 78 valence electrons. The first-order valence-electron chi connectivity index (χ1n) is 3.54. The molecule has 0 aliphatic heterocycles. The third kappa shape index (κ3) is 2.05. The Morgan fingerprint density at radius 1 is 1.57 bits per heavy atom. The Kier molecular flexibility index (Phi) is 2.81. The summed E-state index contributed by atoms with van der Waals surface area (Å²) in [5.74, 6) is -0.586. The molecule has 0 aromatic carbocycles. The average Bonchev–Trinajstić information content (AvgIpc) is 2.45. The van der Waals surface area contributed by atoms with Gasteiger partial charge in [0.1, 0.15) is 9.09 Å². The summed E-state index contributed by atoms with van der Waals surface area (Å²) in [6.07, 6.45) is 1.04. The van der Waals surface area contributed by atoms with Crippen LogP contribution in [0.3, 0.4) is 0 Å². The van der Waals surface area contributed by atoms with Crippen molar-refractivity contribution in [3.05, 3.63) is 10.9 Å². The van der Waals surface area contributed by atoms with Crippen LogP contribution in [0, 0.1) is 0 Å². The van der Waals surface area contributed by atoms with Crippen molar-refractivity contribution in [3.8, 4) is 0 Å². The number of anilines is 1. The number of nitrogen functional groups attached to an aromatic ring is 1. The Balaban J connectivity index is 3.25. The molecular formula is C7H9NO4S2. The fourth-order valence-corrected chi connectivity index (χ4v) is 2.97. The largest absolute Gasteiger partial charge is 0.465 e. The van der Waals surface area contributed by atoms with Gasteiger partial charge in [0.05, 0.1) is 12.8 Å². The Hall–Kier alpha value is -1.08. The van der Waals surface area contributed by atoms with E-state index in [9.17, 15) is 13.2 Å². The molecule has 0 aliphatic rings. The van der Waals surface area contributed by atoms with E-state index in [2.05, 4.69) is 4.74 Å². The van der Waals surface area contributed by atoms with Gasteiger partial charge in [-0.3, -0.25) is 0 Å². The van der Waals surface area contributed by atoms with E-state index in [1.807, 2.05) is 0 Å². The number of methoxy groups -OCH3 is 1. The number of sulfone groups is 1. The molecule has 0 fully saturated rings. The van der Waals surface area contributed by atoms with Crippen LogP contribution in [0.4, 0.5) is 5.69 Å². The molecular weight excluding hydrogens is 226 g/mol. The Labute approximate surface area is 85.4 Å². The monoisotopic (exact) mass is 235 g/mol. The Morgan fingerprint density at radius 2 is 2.14 bits per heavy atom. The smallest absolute Gasteiger partial charge is 0.348 e. The van der Waals surface area contributed by atoms with Crippen LogP contribution in [0.2, 0.25) is 0 Å². The normalized spacial score (nSPS) is 11.3. The van der Waals surface area contributed by atoms with E-state index >= 15 is 0 Å². The maximum Gasteiger partial charge on any atom is 0.348 e. The lowest BCUT2D eigenvalue weighted by molar-refractivity contribution is 0.0606. The third-order valence-electron chi connectivity index (χ3n) is 1.45. The molecule has 7 heteroatoms. The second-order valence-electron chi connectivity index (χ2n) is 2.62. The highest BCUT2D eigenvalue weighted by molar-refractivity contribution is 7.93. The van der Waals surface area contributed by atoms with Gasteiger partial charge in [0.15, 0.2) is 9.84 Å². The number of nitrogens with two attached hydrogens (primary N) is 1. The van der Waals surface area contributed by atoms with Crippen LogP contribution in [0.15, 0.2) is 10.3 Å². The van der Waals surface area contributed by atoms with Crippen molar-refractivity contribution in [1.82, 2.24) is 0 Å². The van der Waals surface area contributed by atoms with E-state index in [1.165, 1.54) is 13.2 Å². The predicted molar refractivity (Wildman–Crippen MR) is 53.2 cm³/mol. The van der Waals surface area contributed by atoms with Crippen LogP contribution in [-0.4, -0.2) is 27.8 Å². The fourth-order valence-electron chi connectivity index (χ4n) is 0.879. The summed E-state index contributed by atoms with van der Waals surface area (Å²) >= 11 is 0.812. The van der Waals surface area contributed by atoms with Crippen LogP contribution in [0.5, 0.6) is 0 Å². The lowest BCUT2D eigenvalue weighted by Crippen LogP contribution is -1.97. The average molecular weight is 235 g/mol. The number of carbonyl (C=O) groups is 1.